The molecular formula is C43H29N. The summed E-state index contributed by atoms with van der Waals surface area (Å²) in [6, 6.07) is 64.4. The Balaban J connectivity index is 1.27. The van der Waals surface area contributed by atoms with E-state index in [1.165, 1.54) is 72.0 Å². The number of fused-ring (bicyclic) bond motifs is 6. The van der Waals surface area contributed by atoms with Crippen molar-refractivity contribution in [3.05, 3.63) is 198 Å². The molecule has 1 aliphatic carbocycles. The first kappa shape index (κ1) is 24.9. The van der Waals surface area contributed by atoms with Crippen molar-refractivity contribution in [1.82, 2.24) is 4.57 Å². The number of benzene rings is 7. The molecule has 0 aliphatic heterocycles. The minimum atomic E-state index is -0.395. The van der Waals surface area contributed by atoms with Crippen LogP contribution in [-0.4, -0.2) is 4.57 Å². The molecule has 206 valence electrons. The predicted molar refractivity (Wildman–Crippen MR) is 184 cm³/mol. The van der Waals surface area contributed by atoms with Crippen molar-refractivity contribution in [2.24, 2.45) is 0 Å². The summed E-state index contributed by atoms with van der Waals surface area (Å²) in [5.41, 5.74) is 13.6. The first-order valence-corrected chi connectivity index (χ1v) is 15.3. The zero-order valence-corrected chi connectivity index (χ0v) is 24.2. The highest BCUT2D eigenvalue weighted by atomic mass is 15.0. The van der Waals surface area contributed by atoms with Crippen molar-refractivity contribution in [2.45, 2.75) is 5.41 Å². The molecule has 0 fully saturated rings. The second-order valence-corrected chi connectivity index (χ2v) is 11.7. The first-order chi connectivity index (χ1) is 21.9. The predicted octanol–water partition coefficient (Wildman–Crippen LogP) is 10.8. The van der Waals surface area contributed by atoms with Crippen molar-refractivity contribution in [3.8, 4) is 27.9 Å². The maximum absolute atomic E-state index is 2.38. The lowest BCUT2D eigenvalue weighted by Gasteiger charge is -2.34. The highest BCUT2D eigenvalue weighted by Crippen LogP contribution is 2.58. The highest BCUT2D eigenvalue weighted by Gasteiger charge is 2.46. The van der Waals surface area contributed by atoms with E-state index in [1.54, 1.807) is 0 Å². The molecule has 1 nitrogen and oxygen atoms in total. The van der Waals surface area contributed by atoms with Crippen LogP contribution in [0.2, 0.25) is 0 Å². The van der Waals surface area contributed by atoms with Gasteiger partial charge in [0.1, 0.15) is 0 Å². The van der Waals surface area contributed by atoms with E-state index in [1.807, 2.05) is 0 Å². The van der Waals surface area contributed by atoms with Gasteiger partial charge in [0.05, 0.1) is 16.4 Å². The van der Waals surface area contributed by atoms with Crippen molar-refractivity contribution in [2.75, 3.05) is 0 Å². The van der Waals surface area contributed by atoms with Gasteiger partial charge < -0.3 is 4.57 Å². The summed E-state index contributed by atoms with van der Waals surface area (Å²) >= 11 is 0. The van der Waals surface area contributed by atoms with Crippen LogP contribution in [-0.2, 0) is 5.41 Å². The van der Waals surface area contributed by atoms with E-state index in [4.69, 9.17) is 0 Å². The third-order valence-corrected chi connectivity index (χ3v) is 9.50. The van der Waals surface area contributed by atoms with Gasteiger partial charge in [-0.1, -0.05) is 152 Å². The fourth-order valence-corrected chi connectivity index (χ4v) is 7.72. The Bertz CT molecular complexity index is 2220. The number of hydrogen-bond donors (Lipinski definition) is 0. The molecule has 0 atom stereocenters. The Morgan fingerprint density at radius 1 is 0.364 bits per heavy atom. The van der Waals surface area contributed by atoms with Crippen LogP contribution >= 0.6 is 0 Å². The average molecular weight is 560 g/mol. The molecule has 1 heterocycles. The minimum Gasteiger partial charge on any atom is -0.309 e. The van der Waals surface area contributed by atoms with Gasteiger partial charge in [-0.2, -0.15) is 0 Å². The topological polar surface area (TPSA) is 4.93 Å². The van der Waals surface area contributed by atoms with E-state index >= 15 is 0 Å². The highest BCUT2D eigenvalue weighted by molar-refractivity contribution is 6.09. The lowest BCUT2D eigenvalue weighted by molar-refractivity contribution is 0.768. The molecular weight excluding hydrogens is 530 g/mol. The molecule has 0 amide bonds. The lowest BCUT2D eigenvalue weighted by atomic mass is 9.67. The van der Waals surface area contributed by atoms with E-state index in [9.17, 15) is 0 Å². The summed E-state index contributed by atoms with van der Waals surface area (Å²) < 4.78 is 2.38. The molecule has 9 rings (SSSR count). The average Bonchev–Trinajstić information content (AvgIpc) is 3.60. The Morgan fingerprint density at radius 2 is 0.864 bits per heavy atom. The van der Waals surface area contributed by atoms with Gasteiger partial charge in [-0.3, -0.25) is 0 Å². The summed E-state index contributed by atoms with van der Waals surface area (Å²) in [5, 5.41) is 2.56. The number of para-hydroxylation sites is 2. The van der Waals surface area contributed by atoms with Gasteiger partial charge in [-0.05, 0) is 68.8 Å². The lowest BCUT2D eigenvalue weighted by Crippen LogP contribution is -2.28. The fourth-order valence-electron chi connectivity index (χ4n) is 7.72. The van der Waals surface area contributed by atoms with Gasteiger partial charge in [-0.25, -0.2) is 0 Å². The van der Waals surface area contributed by atoms with Crippen molar-refractivity contribution in [1.29, 1.82) is 0 Å². The zero-order chi connectivity index (χ0) is 29.1. The maximum atomic E-state index is 2.38. The second-order valence-electron chi connectivity index (χ2n) is 11.7. The van der Waals surface area contributed by atoms with E-state index < -0.39 is 5.41 Å². The largest absolute Gasteiger partial charge is 0.309 e. The maximum Gasteiger partial charge on any atom is 0.0713 e. The Kier molecular flexibility index (Phi) is 5.48. The molecule has 0 unspecified atom stereocenters. The smallest absolute Gasteiger partial charge is 0.0713 e. The van der Waals surface area contributed by atoms with Crippen LogP contribution in [0.5, 0.6) is 0 Å². The van der Waals surface area contributed by atoms with Crippen LogP contribution in [0.1, 0.15) is 22.3 Å². The second kappa shape index (κ2) is 9.69. The number of nitrogens with zero attached hydrogens (tertiary/aromatic N) is 1. The van der Waals surface area contributed by atoms with Crippen LogP contribution in [0, 0.1) is 0 Å². The number of rotatable bonds is 4. The van der Waals surface area contributed by atoms with Crippen LogP contribution < -0.4 is 0 Å². The summed E-state index contributed by atoms with van der Waals surface area (Å²) in [5.74, 6) is 0. The molecule has 44 heavy (non-hydrogen) atoms. The van der Waals surface area contributed by atoms with E-state index in [0.29, 0.717) is 0 Å². The molecule has 1 heteroatoms. The summed E-state index contributed by atoms with van der Waals surface area (Å²) in [6.07, 6.45) is 0. The molecule has 0 spiro atoms. The molecule has 0 N–H and O–H groups in total. The summed E-state index contributed by atoms with van der Waals surface area (Å²) in [6.45, 7) is 0. The van der Waals surface area contributed by atoms with Gasteiger partial charge in [0, 0.05) is 16.5 Å². The van der Waals surface area contributed by atoms with Gasteiger partial charge in [0.2, 0.25) is 0 Å². The molecule has 7 aromatic carbocycles. The molecule has 1 aliphatic rings. The zero-order valence-electron chi connectivity index (χ0n) is 24.2. The summed E-state index contributed by atoms with van der Waals surface area (Å²) in [7, 11) is 0. The van der Waals surface area contributed by atoms with Crippen molar-refractivity contribution >= 4 is 21.8 Å². The fraction of sp³-hybridized carbons (Fsp3) is 0.0233. The Labute approximate surface area is 257 Å². The van der Waals surface area contributed by atoms with Crippen molar-refractivity contribution in [3.63, 3.8) is 0 Å². The minimum absolute atomic E-state index is 0.395. The van der Waals surface area contributed by atoms with Gasteiger partial charge in [0.15, 0.2) is 0 Å². The van der Waals surface area contributed by atoms with Crippen LogP contribution in [0.4, 0.5) is 0 Å². The quantitative estimate of drug-likeness (QED) is 0.202. The molecule has 1 aromatic heterocycles. The summed E-state index contributed by atoms with van der Waals surface area (Å²) in [4.78, 5) is 0. The van der Waals surface area contributed by atoms with Crippen LogP contribution in [0.3, 0.4) is 0 Å². The van der Waals surface area contributed by atoms with Crippen LogP contribution in [0.25, 0.3) is 49.7 Å². The molecule has 8 aromatic rings. The SMILES string of the molecule is c1ccc(C2(c3ccccc3)c3ccccc3-c3c(-c4ccc(-n5c6ccccc6c6ccccc65)cc4)cccc32)cc1. The third-order valence-electron chi connectivity index (χ3n) is 9.50. The number of aromatic nitrogens is 1. The Morgan fingerprint density at radius 3 is 1.50 bits per heavy atom. The van der Waals surface area contributed by atoms with Gasteiger partial charge in [-0.15, -0.1) is 0 Å². The van der Waals surface area contributed by atoms with Gasteiger partial charge in [0.25, 0.3) is 0 Å². The molecule has 0 radical (unpaired) electrons. The Hall–Kier alpha value is -5.66. The third kappa shape index (κ3) is 3.41. The van der Waals surface area contributed by atoms with Crippen LogP contribution in [0.15, 0.2) is 176 Å². The van der Waals surface area contributed by atoms with E-state index in [-0.39, 0.29) is 0 Å². The normalized spacial score (nSPS) is 13.2. The molecule has 0 saturated heterocycles. The number of hydrogen-bond acceptors (Lipinski definition) is 0. The monoisotopic (exact) mass is 559 g/mol. The molecule has 0 saturated carbocycles. The molecule has 0 bridgehead atoms. The standard InChI is InChI=1S/C43H29N/c1-3-14-31(15-4-1)43(32-16-5-2-6-17-32)38-22-10-7-20-37(38)42-34(21-13-23-39(42)43)30-26-28-33(29-27-30)44-40-24-11-8-18-35(40)36-19-9-12-25-41(36)44/h1-29H. The van der Waals surface area contributed by atoms with Crippen molar-refractivity contribution < 1.29 is 0 Å². The van der Waals surface area contributed by atoms with E-state index in [0.717, 1.165) is 0 Å². The van der Waals surface area contributed by atoms with E-state index in [2.05, 4.69) is 180 Å². The first-order valence-electron chi connectivity index (χ1n) is 15.3. The van der Waals surface area contributed by atoms with Gasteiger partial charge >= 0.3 is 0 Å².